The van der Waals surface area contributed by atoms with Crippen LogP contribution in [-0.4, -0.2) is 23.3 Å². The first-order valence-electron chi connectivity index (χ1n) is 8.83. The fraction of sp³-hybridized carbons (Fsp3) is 0.0909. The van der Waals surface area contributed by atoms with Crippen molar-refractivity contribution in [1.82, 2.24) is 4.90 Å². The second-order valence-corrected chi connectivity index (χ2v) is 7.01. The first-order chi connectivity index (χ1) is 13.3. The molecule has 6 heteroatoms. The van der Waals surface area contributed by atoms with Crippen molar-refractivity contribution in [2.45, 2.75) is 6.54 Å². The molecule has 0 saturated carbocycles. The van der Waals surface area contributed by atoms with Gasteiger partial charge in [-0.25, -0.2) is 0 Å². The lowest BCUT2D eigenvalue weighted by Gasteiger charge is -2.16. The predicted octanol–water partition coefficient (Wildman–Crippen LogP) is 2.67. The van der Waals surface area contributed by atoms with Crippen LogP contribution in [0, 0.1) is 0 Å². The van der Waals surface area contributed by atoms with Crippen molar-refractivity contribution in [3.05, 3.63) is 71.8 Å². The summed E-state index contributed by atoms with van der Waals surface area (Å²) in [5.41, 5.74) is 21.8. The molecular formula is C22H20N4O2. The fourth-order valence-corrected chi connectivity index (χ4v) is 3.64. The minimum atomic E-state index is -0.620. The Labute approximate surface area is 162 Å². The molecule has 2 amide bonds. The Kier molecular flexibility index (Phi) is 4.04. The van der Waals surface area contributed by atoms with Gasteiger partial charge in [-0.2, -0.15) is 0 Å². The third kappa shape index (κ3) is 2.85. The number of rotatable bonds is 4. The Morgan fingerprint density at radius 1 is 1.04 bits per heavy atom. The minimum absolute atomic E-state index is 0.0821. The van der Waals surface area contributed by atoms with E-state index in [9.17, 15) is 9.59 Å². The summed E-state index contributed by atoms with van der Waals surface area (Å²) in [6, 6.07) is 15.5. The summed E-state index contributed by atoms with van der Waals surface area (Å²) in [5.74, 6) is -0.837. The van der Waals surface area contributed by atoms with Gasteiger partial charge in [0, 0.05) is 23.5 Å². The third-order valence-corrected chi connectivity index (χ3v) is 5.10. The number of carbonyl (C=O) groups is 2. The molecule has 0 spiro atoms. The highest BCUT2D eigenvalue weighted by molar-refractivity contribution is 6.06. The van der Waals surface area contributed by atoms with Gasteiger partial charge in [-0.1, -0.05) is 30.8 Å². The Hall–Kier alpha value is -3.80. The zero-order valence-corrected chi connectivity index (χ0v) is 15.2. The molecule has 6 nitrogen and oxygen atoms in total. The summed E-state index contributed by atoms with van der Waals surface area (Å²) in [4.78, 5) is 25.7. The normalized spacial score (nSPS) is 13.0. The van der Waals surface area contributed by atoms with E-state index < -0.39 is 5.91 Å². The van der Waals surface area contributed by atoms with Gasteiger partial charge in [-0.3, -0.25) is 9.59 Å². The molecule has 0 bridgehead atoms. The number of nitrogens with zero attached hydrogens (tertiary/aromatic N) is 1. The van der Waals surface area contributed by atoms with Crippen LogP contribution in [0.5, 0.6) is 0 Å². The maximum atomic E-state index is 12.8. The first kappa shape index (κ1) is 17.6. The molecule has 6 N–H and O–H groups in total. The van der Waals surface area contributed by atoms with Gasteiger partial charge in [0.1, 0.15) is 0 Å². The first-order valence-corrected chi connectivity index (χ1v) is 8.83. The Morgan fingerprint density at radius 2 is 1.75 bits per heavy atom. The number of hydrogen-bond acceptors (Lipinski definition) is 4. The molecule has 0 radical (unpaired) electrons. The maximum Gasteiger partial charge on any atom is 0.256 e. The minimum Gasteiger partial charge on any atom is -0.399 e. The highest BCUT2D eigenvalue weighted by Gasteiger charge is 2.32. The van der Waals surface area contributed by atoms with Crippen LogP contribution in [0.3, 0.4) is 0 Å². The summed E-state index contributed by atoms with van der Waals surface area (Å²) >= 11 is 0. The molecule has 1 heterocycles. The number of amides is 2. The molecule has 0 aliphatic carbocycles. The molecule has 0 saturated heterocycles. The smallest absolute Gasteiger partial charge is 0.256 e. The van der Waals surface area contributed by atoms with Crippen LogP contribution in [0.2, 0.25) is 0 Å². The standard InChI is InChI=1S/C22H20N4O2/c1-12(21(25)27)10-26-11-18-17(6-7-19(24)20(18)22(26)28)15-3-2-14-9-16(23)5-4-13(14)8-15/h2-9H,1,10-11,23-24H2,(H2,25,27). The second-order valence-electron chi connectivity index (χ2n) is 7.01. The van der Waals surface area contributed by atoms with E-state index >= 15 is 0 Å². The summed E-state index contributed by atoms with van der Waals surface area (Å²) in [5, 5.41) is 2.10. The zero-order chi connectivity index (χ0) is 20.0. The molecule has 1 aliphatic rings. The zero-order valence-electron chi connectivity index (χ0n) is 15.2. The lowest BCUT2D eigenvalue weighted by atomic mass is 9.94. The van der Waals surface area contributed by atoms with Crippen LogP contribution in [0.25, 0.3) is 21.9 Å². The molecule has 4 rings (SSSR count). The van der Waals surface area contributed by atoms with Crippen molar-refractivity contribution in [3.8, 4) is 11.1 Å². The lowest BCUT2D eigenvalue weighted by Crippen LogP contribution is -2.30. The van der Waals surface area contributed by atoms with E-state index in [2.05, 4.69) is 12.6 Å². The van der Waals surface area contributed by atoms with Gasteiger partial charge in [0.05, 0.1) is 12.1 Å². The van der Waals surface area contributed by atoms with Crippen LogP contribution in [0.15, 0.2) is 60.7 Å². The van der Waals surface area contributed by atoms with Crippen LogP contribution < -0.4 is 17.2 Å². The third-order valence-electron chi connectivity index (χ3n) is 5.10. The Bertz CT molecular complexity index is 1170. The number of carbonyl (C=O) groups excluding carboxylic acids is 2. The van der Waals surface area contributed by atoms with E-state index in [0.717, 1.165) is 27.5 Å². The van der Waals surface area contributed by atoms with Gasteiger partial charge in [-0.15, -0.1) is 0 Å². The summed E-state index contributed by atoms with van der Waals surface area (Å²) in [7, 11) is 0. The number of anilines is 2. The summed E-state index contributed by atoms with van der Waals surface area (Å²) in [6.07, 6.45) is 0. The molecule has 0 atom stereocenters. The monoisotopic (exact) mass is 372 g/mol. The van der Waals surface area contributed by atoms with E-state index in [0.29, 0.717) is 23.5 Å². The summed E-state index contributed by atoms with van der Waals surface area (Å²) < 4.78 is 0. The average molecular weight is 372 g/mol. The van der Waals surface area contributed by atoms with E-state index in [4.69, 9.17) is 17.2 Å². The molecule has 0 aromatic heterocycles. The highest BCUT2D eigenvalue weighted by atomic mass is 16.2. The molecule has 3 aromatic rings. The van der Waals surface area contributed by atoms with Crippen molar-refractivity contribution >= 4 is 34.0 Å². The van der Waals surface area contributed by atoms with Crippen LogP contribution in [0.1, 0.15) is 15.9 Å². The van der Waals surface area contributed by atoms with Gasteiger partial charge in [0.25, 0.3) is 5.91 Å². The average Bonchev–Trinajstić information content (AvgIpc) is 2.98. The quantitative estimate of drug-likeness (QED) is 0.482. The van der Waals surface area contributed by atoms with E-state index in [1.54, 1.807) is 11.0 Å². The number of fused-ring (bicyclic) bond motifs is 2. The van der Waals surface area contributed by atoms with E-state index in [1.165, 1.54) is 0 Å². The van der Waals surface area contributed by atoms with Crippen molar-refractivity contribution in [3.63, 3.8) is 0 Å². The highest BCUT2D eigenvalue weighted by Crippen LogP contribution is 2.37. The SMILES string of the molecule is C=C(CN1Cc2c(-c3ccc4cc(N)ccc4c3)ccc(N)c2C1=O)C(N)=O. The molecule has 3 aromatic carbocycles. The number of nitrogen functional groups attached to an aromatic ring is 2. The van der Waals surface area contributed by atoms with Crippen LogP contribution >= 0.6 is 0 Å². The summed E-state index contributed by atoms with van der Waals surface area (Å²) in [6.45, 7) is 4.08. The molecule has 1 aliphatic heterocycles. The maximum absolute atomic E-state index is 12.8. The van der Waals surface area contributed by atoms with Crippen molar-refractivity contribution in [2.75, 3.05) is 18.0 Å². The number of hydrogen-bond donors (Lipinski definition) is 3. The molecular weight excluding hydrogens is 352 g/mol. The fourth-order valence-electron chi connectivity index (χ4n) is 3.64. The van der Waals surface area contributed by atoms with Crippen molar-refractivity contribution in [2.24, 2.45) is 5.73 Å². The second kappa shape index (κ2) is 6.42. The lowest BCUT2D eigenvalue weighted by molar-refractivity contribution is -0.114. The van der Waals surface area contributed by atoms with Crippen LogP contribution in [0.4, 0.5) is 11.4 Å². The largest absolute Gasteiger partial charge is 0.399 e. The predicted molar refractivity (Wildman–Crippen MR) is 111 cm³/mol. The van der Waals surface area contributed by atoms with Gasteiger partial charge in [-0.05, 0) is 51.7 Å². The van der Waals surface area contributed by atoms with Gasteiger partial charge in [0.15, 0.2) is 0 Å². The number of benzene rings is 3. The number of primary amides is 1. The number of nitrogens with two attached hydrogens (primary N) is 3. The Morgan fingerprint density at radius 3 is 2.50 bits per heavy atom. The van der Waals surface area contributed by atoms with Gasteiger partial charge < -0.3 is 22.1 Å². The molecule has 140 valence electrons. The van der Waals surface area contributed by atoms with Crippen molar-refractivity contribution in [1.29, 1.82) is 0 Å². The van der Waals surface area contributed by atoms with Gasteiger partial charge in [0.2, 0.25) is 5.91 Å². The topological polar surface area (TPSA) is 115 Å². The molecule has 0 fully saturated rings. The van der Waals surface area contributed by atoms with Crippen molar-refractivity contribution < 1.29 is 9.59 Å². The molecule has 0 unspecified atom stereocenters. The van der Waals surface area contributed by atoms with Crippen LogP contribution in [-0.2, 0) is 11.3 Å². The van der Waals surface area contributed by atoms with Gasteiger partial charge >= 0.3 is 0 Å². The van der Waals surface area contributed by atoms with E-state index in [1.807, 2.05) is 36.4 Å². The van der Waals surface area contributed by atoms with E-state index in [-0.39, 0.29) is 18.0 Å². The Balaban J connectivity index is 1.78. The molecule has 28 heavy (non-hydrogen) atoms.